The monoisotopic (exact) mass is 298 g/mol. The summed E-state index contributed by atoms with van der Waals surface area (Å²) in [6.07, 6.45) is 8.07. The predicted octanol–water partition coefficient (Wildman–Crippen LogP) is 4.10. The molecule has 0 heterocycles. The quantitative estimate of drug-likeness (QED) is 0.455. The van der Waals surface area contributed by atoms with E-state index in [1.807, 2.05) is 0 Å². The first-order valence-corrected chi connectivity index (χ1v) is 10.4. The van der Waals surface area contributed by atoms with Crippen molar-refractivity contribution in [1.82, 2.24) is 0 Å². The van der Waals surface area contributed by atoms with Gasteiger partial charge >= 0.3 is 0 Å². The highest BCUT2D eigenvalue weighted by Gasteiger charge is 2.42. The number of hydrogen-bond donors (Lipinski definition) is 0. The van der Waals surface area contributed by atoms with Gasteiger partial charge in [0, 0.05) is 0 Å². The fourth-order valence-corrected chi connectivity index (χ4v) is 8.16. The molecule has 0 radical (unpaired) electrons. The molecule has 0 aliphatic heterocycles. The van der Waals surface area contributed by atoms with Crippen molar-refractivity contribution in [3.05, 3.63) is 72.8 Å². The van der Waals surface area contributed by atoms with Crippen molar-refractivity contribution in [3.8, 4) is 0 Å². The Morgan fingerprint density at radius 3 is 1.80 bits per heavy atom. The summed E-state index contributed by atoms with van der Waals surface area (Å²) >= 11 is 7.37. The lowest BCUT2D eigenvalue weighted by molar-refractivity contribution is 0.715. The molecule has 3 rings (SSSR count). The van der Waals surface area contributed by atoms with E-state index in [4.69, 9.17) is 11.1 Å². The summed E-state index contributed by atoms with van der Waals surface area (Å²) in [6, 6.07) is 21.4. The molecule has 2 heteroatoms. The minimum Gasteiger partial charge on any atom is -0.155 e. The summed E-state index contributed by atoms with van der Waals surface area (Å²) in [6.45, 7) is 0. The molecule has 20 heavy (non-hydrogen) atoms. The third kappa shape index (κ3) is 2.48. The lowest BCUT2D eigenvalue weighted by atomic mass is 10.1. The molecule has 0 nitrogen and oxygen atoms in total. The van der Waals surface area contributed by atoms with E-state index in [0.717, 1.165) is 12.8 Å². The fourth-order valence-electron chi connectivity index (χ4n) is 3.15. The van der Waals surface area contributed by atoms with E-state index in [1.165, 1.54) is 16.8 Å². The standard InChI is InChI=1S/C18H19ClSi/c19-20(16-10-4-1-5-11-16,17-12-6-2-7-13-17)18-14-8-3-9-15-18/h1-8,10-13,18H,9,14-15H2. The van der Waals surface area contributed by atoms with Gasteiger partial charge in [-0.2, -0.15) is 11.1 Å². The van der Waals surface area contributed by atoms with E-state index in [1.54, 1.807) is 0 Å². The molecule has 0 aromatic heterocycles. The highest BCUT2D eigenvalue weighted by atomic mass is 35.6. The van der Waals surface area contributed by atoms with Gasteiger partial charge in [0.25, 0.3) is 0 Å². The Bertz CT molecular complexity index is 537. The fraction of sp³-hybridized carbons (Fsp3) is 0.222. The zero-order valence-corrected chi connectivity index (χ0v) is 13.3. The van der Waals surface area contributed by atoms with Crippen LogP contribution in [0, 0.1) is 0 Å². The highest BCUT2D eigenvalue weighted by Crippen LogP contribution is 2.36. The maximum absolute atomic E-state index is 7.37. The summed E-state index contributed by atoms with van der Waals surface area (Å²) in [5, 5.41) is 2.68. The van der Waals surface area contributed by atoms with E-state index in [0.29, 0.717) is 5.54 Å². The molecule has 1 atom stereocenters. The molecule has 0 bridgehead atoms. The average molecular weight is 299 g/mol. The van der Waals surface area contributed by atoms with E-state index in [2.05, 4.69) is 72.8 Å². The molecule has 0 N–H and O–H groups in total. The van der Waals surface area contributed by atoms with Crippen LogP contribution in [0.25, 0.3) is 0 Å². The maximum Gasteiger partial charge on any atom is 0.220 e. The molecular weight excluding hydrogens is 280 g/mol. The van der Waals surface area contributed by atoms with Gasteiger partial charge in [-0.15, -0.1) is 0 Å². The van der Waals surface area contributed by atoms with Gasteiger partial charge in [-0.1, -0.05) is 72.8 Å². The average Bonchev–Trinajstić information content (AvgIpc) is 2.56. The Labute approximate surface area is 126 Å². The van der Waals surface area contributed by atoms with Crippen molar-refractivity contribution < 1.29 is 0 Å². The normalized spacial score (nSPS) is 18.9. The van der Waals surface area contributed by atoms with E-state index in [-0.39, 0.29) is 0 Å². The SMILES string of the molecule is Cl[Si](c1ccccc1)(c1ccccc1)C1CC=CCC1. The topological polar surface area (TPSA) is 0 Å². The summed E-state index contributed by atoms with van der Waals surface area (Å²) in [7, 11) is -2.18. The minimum absolute atomic E-state index is 0.582. The molecule has 0 spiro atoms. The van der Waals surface area contributed by atoms with Gasteiger partial charge in [0.15, 0.2) is 0 Å². The lowest BCUT2D eigenvalue weighted by Gasteiger charge is -2.35. The van der Waals surface area contributed by atoms with E-state index in [9.17, 15) is 0 Å². The second kappa shape index (κ2) is 5.98. The molecule has 1 unspecified atom stereocenters. The van der Waals surface area contributed by atoms with Gasteiger partial charge in [-0.05, 0) is 35.2 Å². The number of halogens is 1. The van der Waals surface area contributed by atoms with Crippen LogP contribution >= 0.6 is 11.1 Å². The van der Waals surface area contributed by atoms with Crippen molar-refractivity contribution in [2.75, 3.05) is 0 Å². The van der Waals surface area contributed by atoms with Crippen LogP contribution in [-0.2, 0) is 0 Å². The van der Waals surface area contributed by atoms with Gasteiger partial charge in [-0.3, -0.25) is 0 Å². The minimum atomic E-state index is -2.18. The first-order chi connectivity index (χ1) is 9.82. The number of hydrogen-bond acceptors (Lipinski definition) is 0. The molecule has 2 aromatic rings. The summed E-state index contributed by atoms with van der Waals surface area (Å²) < 4.78 is 0. The van der Waals surface area contributed by atoms with Crippen LogP contribution in [0.2, 0.25) is 5.54 Å². The zero-order valence-electron chi connectivity index (χ0n) is 11.5. The van der Waals surface area contributed by atoms with Crippen LogP contribution in [-0.4, -0.2) is 7.38 Å². The summed E-state index contributed by atoms with van der Waals surface area (Å²) in [5.41, 5.74) is 0.582. The van der Waals surface area contributed by atoms with Crippen LogP contribution in [0.3, 0.4) is 0 Å². The molecule has 1 aliphatic rings. The molecule has 2 aromatic carbocycles. The van der Waals surface area contributed by atoms with Crippen molar-refractivity contribution >= 4 is 28.8 Å². The second-order valence-corrected chi connectivity index (χ2v) is 10.6. The summed E-state index contributed by atoms with van der Waals surface area (Å²) in [4.78, 5) is 0. The Morgan fingerprint density at radius 2 is 1.35 bits per heavy atom. The molecule has 0 fully saturated rings. The van der Waals surface area contributed by atoms with Crippen molar-refractivity contribution in [2.24, 2.45) is 0 Å². The number of benzene rings is 2. The first kappa shape index (κ1) is 13.7. The smallest absolute Gasteiger partial charge is 0.155 e. The summed E-state index contributed by atoms with van der Waals surface area (Å²) in [5.74, 6) is 0. The van der Waals surface area contributed by atoms with Gasteiger partial charge < -0.3 is 0 Å². The molecule has 0 saturated heterocycles. The van der Waals surface area contributed by atoms with Gasteiger partial charge in [0.2, 0.25) is 7.38 Å². The molecule has 1 aliphatic carbocycles. The Kier molecular flexibility index (Phi) is 4.09. The third-order valence-electron chi connectivity index (χ3n) is 4.22. The van der Waals surface area contributed by atoms with Crippen molar-refractivity contribution in [2.45, 2.75) is 24.8 Å². The van der Waals surface area contributed by atoms with E-state index < -0.39 is 7.38 Å². The largest absolute Gasteiger partial charge is 0.220 e. The van der Waals surface area contributed by atoms with Crippen molar-refractivity contribution in [3.63, 3.8) is 0 Å². The van der Waals surface area contributed by atoms with Crippen LogP contribution in [0.4, 0.5) is 0 Å². The van der Waals surface area contributed by atoms with Crippen LogP contribution in [0.15, 0.2) is 72.8 Å². The van der Waals surface area contributed by atoms with Crippen LogP contribution in [0.1, 0.15) is 19.3 Å². The molecule has 102 valence electrons. The molecular formula is C18H19ClSi. The predicted molar refractivity (Wildman–Crippen MR) is 90.5 cm³/mol. The van der Waals surface area contributed by atoms with Gasteiger partial charge in [-0.25, -0.2) is 0 Å². The maximum atomic E-state index is 7.37. The zero-order chi connectivity index (χ0) is 13.8. The van der Waals surface area contributed by atoms with Crippen LogP contribution < -0.4 is 10.4 Å². The van der Waals surface area contributed by atoms with Crippen molar-refractivity contribution in [1.29, 1.82) is 0 Å². The van der Waals surface area contributed by atoms with Gasteiger partial charge in [0.1, 0.15) is 0 Å². The highest BCUT2D eigenvalue weighted by molar-refractivity contribution is 7.34. The third-order valence-corrected chi connectivity index (χ3v) is 10.5. The van der Waals surface area contributed by atoms with Crippen LogP contribution in [0.5, 0.6) is 0 Å². The Morgan fingerprint density at radius 1 is 0.800 bits per heavy atom. The second-order valence-electron chi connectivity index (χ2n) is 5.43. The number of allylic oxidation sites excluding steroid dienone is 2. The molecule has 0 saturated carbocycles. The molecule has 0 amide bonds. The first-order valence-electron chi connectivity index (χ1n) is 7.27. The number of rotatable bonds is 3. The Balaban J connectivity index is 2.10. The Hall–Kier alpha value is -1.31. The van der Waals surface area contributed by atoms with E-state index >= 15 is 0 Å². The van der Waals surface area contributed by atoms with Gasteiger partial charge in [0.05, 0.1) is 0 Å². The lowest BCUT2D eigenvalue weighted by Crippen LogP contribution is -2.57.